The molecule has 0 fully saturated rings. The molecule has 1 unspecified atom stereocenters. The minimum atomic E-state index is 0.390. The average Bonchev–Trinajstić information content (AvgIpc) is 2.67. The van der Waals surface area contributed by atoms with E-state index in [1.807, 2.05) is 0 Å². The molecule has 0 radical (unpaired) electrons. The Kier molecular flexibility index (Phi) is 3.75. The fraction of sp³-hybridized carbons (Fsp3) is 0.333. The second-order valence-electron chi connectivity index (χ2n) is 5.61. The highest BCUT2D eigenvalue weighted by Crippen LogP contribution is 2.29. The first kappa shape index (κ1) is 13.2. The van der Waals surface area contributed by atoms with E-state index >= 15 is 0 Å². The molecule has 2 aromatic rings. The summed E-state index contributed by atoms with van der Waals surface area (Å²) >= 11 is 0. The van der Waals surface area contributed by atoms with Crippen LogP contribution in [-0.2, 0) is 6.54 Å². The van der Waals surface area contributed by atoms with Gasteiger partial charge in [-0.05, 0) is 55.1 Å². The fourth-order valence-electron chi connectivity index (χ4n) is 2.91. The largest absolute Gasteiger partial charge is 0.378 e. The molecular formula is C18H22N2. The maximum atomic E-state index is 3.75. The number of fused-ring (bicyclic) bond motifs is 1. The van der Waals surface area contributed by atoms with Crippen LogP contribution < -0.4 is 10.6 Å². The summed E-state index contributed by atoms with van der Waals surface area (Å²) in [6, 6.07) is 15.6. The van der Waals surface area contributed by atoms with Crippen LogP contribution in [0.2, 0.25) is 0 Å². The van der Waals surface area contributed by atoms with Gasteiger partial charge in [-0.1, -0.05) is 36.4 Å². The molecule has 0 saturated heterocycles. The van der Waals surface area contributed by atoms with Crippen LogP contribution in [0, 0.1) is 13.8 Å². The zero-order chi connectivity index (χ0) is 13.9. The molecule has 3 rings (SSSR count). The second-order valence-corrected chi connectivity index (χ2v) is 5.61. The molecule has 0 saturated carbocycles. The van der Waals surface area contributed by atoms with E-state index in [0.29, 0.717) is 6.04 Å². The summed E-state index contributed by atoms with van der Waals surface area (Å²) in [6.07, 6.45) is 1.12. The van der Waals surface area contributed by atoms with Gasteiger partial charge in [0.1, 0.15) is 0 Å². The van der Waals surface area contributed by atoms with Crippen LogP contribution in [0.5, 0.6) is 0 Å². The lowest BCUT2D eigenvalue weighted by Crippen LogP contribution is -2.15. The number of benzene rings is 2. The van der Waals surface area contributed by atoms with Crippen molar-refractivity contribution in [1.29, 1.82) is 0 Å². The highest BCUT2D eigenvalue weighted by Gasteiger charge is 2.18. The van der Waals surface area contributed by atoms with Crippen molar-refractivity contribution in [1.82, 2.24) is 5.32 Å². The molecule has 2 nitrogen and oxygen atoms in total. The molecule has 2 heteroatoms. The van der Waals surface area contributed by atoms with Gasteiger partial charge in [0.05, 0.1) is 6.04 Å². The van der Waals surface area contributed by atoms with Gasteiger partial charge < -0.3 is 10.6 Å². The maximum Gasteiger partial charge on any atom is 0.0529 e. The van der Waals surface area contributed by atoms with Crippen molar-refractivity contribution in [2.45, 2.75) is 32.9 Å². The Morgan fingerprint density at radius 1 is 1.05 bits per heavy atom. The van der Waals surface area contributed by atoms with E-state index < -0.39 is 0 Å². The molecule has 1 aliphatic rings. The van der Waals surface area contributed by atoms with E-state index in [1.165, 1.54) is 27.9 Å². The van der Waals surface area contributed by atoms with Crippen LogP contribution in [0.3, 0.4) is 0 Å². The zero-order valence-electron chi connectivity index (χ0n) is 12.2. The number of anilines is 1. The van der Waals surface area contributed by atoms with E-state index in [-0.39, 0.29) is 0 Å². The minimum Gasteiger partial charge on any atom is -0.378 e. The monoisotopic (exact) mass is 266 g/mol. The van der Waals surface area contributed by atoms with Crippen LogP contribution in [0.15, 0.2) is 42.5 Å². The molecule has 2 N–H and O–H groups in total. The highest BCUT2D eigenvalue weighted by molar-refractivity contribution is 5.55. The Balaban J connectivity index is 1.92. The van der Waals surface area contributed by atoms with Crippen molar-refractivity contribution < 1.29 is 0 Å². The molecule has 104 valence electrons. The molecule has 0 amide bonds. The van der Waals surface area contributed by atoms with Crippen LogP contribution in [-0.4, -0.2) is 6.54 Å². The predicted molar refractivity (Wildman–Crippen MR) is 85.0 cm³/mol. The van der Waals surface area contributed by atoms with E-state index in [9.17, 15) is 0 Å². The summed E-state index contributed by atoms with van der Waals surface area (Å²) in [5, 5.41) is 7.25. The third kappa shape index (κ3) is 2.56. The van der Waals surface area contributed by atoms with Gasteiger partial charge in [-0.2, -0.15) is 0 Å². The van der Waals surface area contributed by atoms with Gasteiger partial charge in [-0.3, -0.25) is 0 Å². The van der Waals surface area contributed by atoms with Crippen LogP contribution in [0.1, 0.15) is 34.7 Å². The third-order valence-electron chi connectivity index (χ3n) is 4.29. The fourth-order valence-corrected chi connectivity index (χ4v) is 2.91. The first-order valence-electron chi connectivity index (χ1n) is 7.37. The molecule has 1 heterocycles. The van der Waals surface area contributed by atoms with Crippen LogP contribution in [0.25, 0.3) is 0 Å². The van der Waals surface area contributed by atoms with Crippen molar-refractivity contribution in [3.63, 3.8) is 0 Å². The molecule has 1 atom stereocenters. The first-order chi connectivity index (χ1) is 9.75. The molecule has 1 aliphatic heterocycles. The summed E-state index contributed by atoms with van der Waals surface area (Å²) in [5.74, 6) is 0. The number of rotatable bonds is 2. The maximum absolute atomic E-state index is 3.75. The normalized spacial score (nSPS) is 18.2. The van der Waals surface area contributed by atoms with Crippen molar-refractivity contribution in [2.75, 3.05) is 11.9 Å². The van der Waals surface area contributed by atoms with E-state index in [2.05, 4.69) is 66.9 Å². The molecule has 2 aromatic carbocycles. The molecular weight excluding hydrogens is 244 g/mol. The Bertz CT molecular complexity index is 604. The van der Waals surface area contributed by atoms with E-state index in [1.54, 1.807) is 0 Å². The molecule has 0 bridgehead atoms. The van der Waals surface area contributed by atoms with Crippen molar-refractivity contribution in [3.8, 4) is 0 Å². The quantitative estimate of drug-likeness (QED) is 0.860. The molecule has 20 heavy (non-hydrogen) atoms. The number of hydrogen-bond donors (Lipinski definition) is 2. The lowest BCUT2D eigenvalue weighted by atomic mass is 9.98. The van der Waals surface area contributed by atoms with Crippen molar-refractivity contribution in [3.05, 3.63) is 64.7 Å². The van der Waals surface area contributed by atoms with Gasteiger partial charge in [0.2, 0.25) is 0 Å². The Morgan fingerprint density at radius 2 is 1.90 bits per heavy atom. The number of nitrogens with one attached hydrogen (secondary N) is 2. The summed E-state index contributed by atoms with van der Waals surface area (Å²) in [5.41, 5.74) is 6.79. The predicted octanol–water partition coefficient (Wildman–Crippen LogP) is 3.95. The number of aryl methyl sites for hydroxylation is 1. The first-order valence-corrected chi connectivity index (χ1v) is 7.37. The van der Waals surface area contributed by atoms with Crippen LogP contribution in [0.4, 0.5) is 5.69 Å². The molecule has 0 aromatic heterocycles. The molecule has 0 spiro atoms. The SMILES string of the molecule is Cc1cccc(NC2CCNCc3ccccc32)c1C. The standard InChI is InChI=1S/C18H22N2/c1-13-6-5-9-17(14(13)2)20-18-10-11-19-12-15-7-3-4-8-16(15)18/h3-9,18-20H,10-12H2,1-2H3. The van der Waals surface area contributed by atoms with Gasteiger partial charge in [0.15, 0.2) is 0 Å². The highest BCUT2D eigenvalue weighted by atomic mass is 15.0. The summed E-state index contributed by atoms with van der Waals surface area (Å²) < 4.78 is 0. The van der Waals surface area contributed by atoms with Gasteiger partial charge >= 0.3 is 0 Å². The summed E-state index contributed by atoms with van der Waals surface area (Å²) in [4.78, 5) is 0. The number of hydrogen-bond acceptors (Lipinski definition) is 2. The van der Waals surface area contributed by atoms with E-state index in [0.717, 1.165) is 19.5 Å². The minimum absolute atomic E-state index is 0.390. The second kappa shape index (κ2) is 5.68. The lowest BCUT2D eigenvalue weighted by molar-refractivity contribution is 0.637. The Hall–Kier alpha value is -1.80. The van der Waals surface area contributed by atoms with E-state index in [4.69, 9.17) is 0 Å². The average molecular weight is 266 g/mol. The molecule has 0 aliphatic carbocycles. The van der Waals surface area contributed by atoms with Crippen molar-refractivity contribution in [2.24, 2.45) is 0 Å². The summed E-state index contributed by atoms with van der Waals surface area (Å²) in [6.45, 7) is 6.39. The van der Waals surface area contributed by atoms with Crippen LogP contribution >= 0.6 is 0 Å². The Labute approximate surface area is 121 Å². The smallest absolute Gasteiger partial charge is 0.0529 e. The van der Waals surface area contributed by atoms with Gasteiger partial charge in [0.25, 0.3) is 0 Å². The lowest BCUT2D eigenvalue weighted by Gasteiger charge is -2.22. The van der Waals surface area contributed by atoms with Crippen molar-refractivity contribution >= 4 is 5.69 Å². The third-order valence-corrected chi connectivity index (χ3v) is 4.29. The topological polar surface area (TPSA) is 24.1 Å². The van der Waals surface area contributed by atoms with Gasteiger partial charge in [0, 0.05) is 12.2 Å². The zero-order valence-corrected chi connectivity index (χ0v) is 12.2. The van der Waals surface area contributed by atoms with Gasteiger partial charge in [-0.15, -0.1) is 0 Å². The summed E-state index contributed by atoms with van der Waals surface area (Å²) in [7, 11) is 0. The van der Waals surface area contributed by atoms with Gasteiger partial charge in [-0.25, -0.2) is 0 Å². The Morgan fingerprint density at radius 3 is 2.80 bits per heavy atom.